The van der Waals surface area contributed by atoms with Crippen LogP contribution in [-0.2, 0) is 16.0 Å². The number of benzene rings is 1. The molecule has 1 aromatic rings. The average molecular weight is 394 g/mol. The summed E-state index contributed by atoms with van der Waals surface area (Å²) in [6, 6.07) is 9.59. The second kappa shape index (κ2) is 10.7. The highest BCUT2D eigenvalue weighted by atomic mass is 35.5. The third-order valence-electron chi connectivity index (χ3n) is 5.74. The summed E-state index contributed by atoms with van der Waals surface area (Å²) in [5, 5.41) is 3.21. The number of rotatable bonds is 5. The smallest absolute Gasteiger partial charge is 0.239 e. The predicted octanol–water partition coefficient (Wildman–Crippen LogP) is 2.67. The molecule has 0 spiro atoms. The second-order valence-electron chi connectivity index (χ2n) is 7.74. The summed E-state index contributed by atoms with van der Waals surface area (Å²) in [7, 11) is 0. The fraction of sp³-hybridized carbons (Fsp3) is 0.619. The Morgan fingerprint density at radius 2 is 1.67 bits per heavy atom. The Balaban J connectivity index is 0.00000261. The number of hydrogen-bond donors (Lipinski definition) is 2. The zero-order valence-electron chi connectivity index (χ0n) is 15.9. The van der Waals surface area contributed by atoms with Crippen LogP contribution in [0, 0.1) is 5.92 Å². The first-order chi connectivity index (χ1) is 12.6. The Bertz CT molecular complexity index is 597. The monoisotopic (exact) mass is 393 g/mol. The average Bonchev–Trinajstić information content (AvgIpc) is 2.69. The molecule has 0 unspecified atom stereocenters. The normalized spacial score (nSPS) is 19.8. The molecule has 2 fully saturated rings. The van der Waals surface area contributed by atoms with Crippen molar-refractivity contribution in [2.24, 2.45) is 11.7 Å². The van der Waals surface area contributed by atoms with Crippen molar-refractivity contribution in [3.05, 3.63) is 35.9 Å². The van der Waals surface area contributed by atoms with Crippen molar-refractivity contribution in [1.29, 1.82) is 0 Å². The summed E-state index contributed by atoms with van der Waals surface area (Å²) >= 11 is 0. The van der Waals surface area contributed by atoms with Gasteiger partial charge in [-0.15, -0.1) is 12.4 Å². The number of amides is 2. The molecule has 3 N–H and O–H groups in total. The maximum atomic E-state index is 12.6. The molecule has 27 heavy (non-hydrogen) atoms. The molecule has 1 saturated heterocycles. The summed E-state index contributed by atoms with van der Waals surface area (Å²) in [4.78, 5) is 26.8. The number of piperidine rings is 1. The Hall–Kier alpha value is -1.59. The Morgan fingerprint density at radius 3 is 2.30 bits per heavy atom. The van der Waals surface area contributed by atoms with Gasteiger partial charge in [0.25, 0.3) is 0 Å². The standard InChI is InChI=1S/C21H31N3O2.ClH/c22-19(15-16-7-3-1-4-8-16)21(26)24-13-11-18(12-14-24)23-20(25)17-9-5-2-6-10-17;/h1,3-4,7-8,17-19H,2,5-6,9-15,22H2,(H,23,25);1H/t19-;/m0./s1. The molecular weight excluding hydrogens is 362 g/mol. The lowest BCUT2D eigenvalue weighted by molar-refractivity contribution is -0.134. The predicted molar refractivity (Wildman–Crippen MR) is 110 cm³/mol. The summed E-state index contributed by atoms with van der Waals surface area (Å²) in [6.45, 7) is 1.36. The van der Waals surface area contributed by atoms with E-state index in [1.165, 1.54) is 19.3 Å². The SMILES string of the molecule is Cl.N[C@@H](Cc1ccccc1)C(=O)N1CCC(NC(=O)C2CCCCC2)CC1. The van der Waals surface area contributed by atoms with Gasteiger partial charge in [-0.3, -0.25) is 9.59 Å². The van der Waals surface area contributed by atoms with Crippen LogP contribution in [0.4, 0.5) is 0 Å². The highest BCUT2D eigenvalue weighted by molar-refractivity contribution is 5.85. The molecule has 1 aromatic carbocycles. The lowest BCUT2D eigenvalue weighted by atomic mass is 9.88. The first-order valence-corrected chi connectivity index (χ1v) is 10.0. The van der Waals surface area contributed by atoms with Gasteiger partial charge < -0.3 is 16.0 Å². The number of hydrogen-bond acceptors (Lipinski definition) is 3. The molecule has 0 bridgehead atoms. The van der Waals surface area contributed by atoms with Crippen molar-refractivity contribution in [2.75, 3.05) is 13.1 Å². The topological polar surface area (TPSA) is 75.4 Å². The first-order valence-electron chi connectivity index (χ1n) is 10.0. The van der Waals surface area contributed by atoms with E-state index in [2.05, 4.69) is 5.32 Å². The number of nitrogens with two attached hydrogens (primary N) is 1. The van der Waals surface area contributed by atoms with E-state index in [0.29, 0.717) is 19.5 Å². The van der Waals surface area contributed by atoms with Gasteiger partial charge in [0.05, 0.1) is 6.04 Å². The van der Waals surface area contributed by atoms with E-state index in [4.69, 9.17) is 5.73 Å². The summed E-state index contributed by atoms with van der Waals surface area (Å²) in [5.41, 5.74) is 7.22. The van der Waals surface area contributed by atoms with Crippen molar-refractivity contribution in [3.8, 4) is 0 Å². The molecule has 3 rings (SSSR count). The molecule has 2 amide bonds. The molecule has 6 heteroatoms. The van der Waals surface area contributed by atoms with Crippen molar-refractivity contribution >= 4 is 24.2 Å². The van der Waals surface area contributed by atoms with E-state index >= 15 is 0 Å². The van der Waals surface area contributed by atoms with Crippen LogP contribution in [0.3, 0.4) is 0 Å². The fourth-order valence-electron chi connectivity index (χ4n) is 4.12. The summed E-state index contributed by atoms with van der Waals surface area (Å²) in [6.07, 6.45) is 7.86. The van der Waals surface area contributed by atoms with Gasteiger partial charge in [0.1, 0.15) is 0 Å². The second-order valence-corrected chi connectivity index (χ2v) is 7.74. The molecular formula is C21H32ClN3O2. The maximum absolute atomic E-state index is 12.6. The molecule has 1 aliphatic heterocycles. The Labute approximate surface area is 168 Å². The van der Waals surface area contributed by atoms with Crippen LogP contribution in [-0.4, -0.2) is 41.9 Å². The van der Waals surface area contributed by atoms with E-state index in [1.54, 1.807) is 0 Å². The first kappa shape index (κ1) is 21.7. The highest BCUT2D eigenvalue weighted by Crippen LogP contribution is 2.24. The summed E-state index contributed by atoms with van der Waals surface area (Å²) < 4.78 is 0. The lowest BCUT2D eigenvalue weighted by Crippen LogP contribution is -2.52. The molecule has 1 heterocycles. The van der Waals surface area contributed by atoms with Crippen molar-refractivity contribution < 1.29 is 9.59 Å². The third-order valence-corrected chi connectivity index (χ3v) is 5.74. The van der Waals surface area contributed by atoms with Crippen molar-refractivity contribution in [2.45, 2.75) is 63.5 Å². The number of likely N-dealkylation sites (tertiary alicyclic amines) is 1. The van der Waals surface area contributed by atoms with E-state index < -0.39 is 6.04 Å². The molecule has 2 aliphatic rings. The van der Waals surface area contributed by atoms with Crippen LogP contribution in [0.25, 0.3) is 0 Å². The van der Waals surface area contributed by atoms with Gasteiger partial charge in [0.15, 0.2) is 0 Å². The van der Waals surface area contributed by atoms with Crippen LogP contribution in [0.5, 0.6) is 0 Å². The Kier molecular flexibility index (Phi) is 8.58. The number of nitrogens with zero attached hydrogens (tertiary/aromatic N) is 1. The fourth-order valence-corrected chi connectivity index (χ4v) is 4.12. The molecule has 5 nitrogen and oxygen atoms in total. The maximum Gasteiger partial charge on any atom is 0.239 e. The largest absolute Gasteiger partial charge is 0.353 e. The van der Waals surface area contributed by atoms with E-state index in [-0.39, 0.29) is 36.2 Å². The van der Waals surface area contributed by atoms with E-state index in [0.717, 1.165) is 31.2 Å². The minimum Gasteiger partial charge on any atom is -0.353 e. The molecule has 1 saturated carbocycles. The molecule has 1 aliphatic carbocycles. The van der Waals surface area contributed by atoms with Gasteiger partial charge in [-0.05, 0) is 37.7 Å². The quantitative estimate of drug-likeness (QED) is 0.807. The van der Waals surface area contributed by atoms with Crippen LogP contribution in [0.15, 0.2) is 30.3 Å². The van der Waals surface area contributed by atoms with Crippen molar-refractivity contribution in [3.63, 3.8) is 0 Å². The van der Waals surface area contributed by atoms with Gasteiger partial charge in [0.2, 0.25) is 11.8 Å². The van der Waals surface area contributed by atoms with Crippen LogP contribution in [0.2, 0.25) is 0 Å². The number of nitrogens with one attached hydrogen (secondary N) is 1. The van der Waals surface area contributed by atoms with Gasteiger partial charge >= 0.3 is 0 Å². The zero-order chi connectivity index (χ0) is 18.4. The van der Waals surface area contributed by atoms with Crippen LogP contribution >= 0.6 is 12.4 Å². The van der Waals surface area contributed by atoms with Gasteiger partial charge in [-0.25, -0.2) is 0 Å². The van der Waals surface area contributed by atoms with Gasteiger partial charge in [-0.2, -0.15) is 0 Å². The highest BCUT2D eigenvalue weighted by Gasteiger charge is 2.29. The summed E-state index contributed by atoms with van der Waals surface area (Å²) in [5.74, 6) is 0.434. The minimum absolute atomic E-state index is 0. The lowest BCUT2D eigenvalue weighted by Gasteiger charge is -2.34. The van der Waals surface area contributed by atoms with Crippen LogP contribution < -0.4 is 11.1 Å². The minimum atomic E-state index is -0.495. The third kappa shape index (κ3) is 6.22. The van der Waals surface area contributed by atoms with Crippen LogP contribution in [0.1, 0.15) is 50.5 Å². The zero-order valence-corrected chi connectivity index (χ0v) is 16.8. The van der Waals surface area contributed by atoms with E-state index in [9.17, 15) is 9.59 Å². The van der Waals surface area contributed by atoms with E-state index in [1.807, 2.05) is 35.2 Å². The number of halogens is 1. The Morgan fingerprint density at radius 1 is 1.04 bits per heavy atom. The van der Waals surface area contributed by atoms with Gasteiger partial charge in [-0.1, -0.05) is 49.6 Å². The molecule has 1 atom stereocenters. The molecule has 0 aromatic heterocycles. The molecule has 150 valence electrons. The number of carbonyl (C=O) groups is 2. The van der Waals surface area contributed by atoms with Gasteiger partial charge in [0, 0.05) is 25.0 Å². The van der Waals surface area contributed by atoms with Crippen molar-refractivity contribution in [1.82, 2.24) is 10.2 Å². The molecule has 0 radical (unpaired) electrons. The number of carbonyl (C=O) groups excluding carboxylic acids is 2.